The number of aliphatic hydroxyl groups is 1. The van der Waals surface area contributed by atoms with E-state index in [1.807, 2.05) is 0 Å². The molecule has 1 spiro atoms. The van der Waals surface area contributed by atoms with Crippen LogP contribution in [-0.4, -0.2) is 36.6 Å². The lowest BCUT2D eigenvalue weighted by Gasteiger charge is -2.44. The zero-order valence-corrected chi connectivity index (χ0v) is 10.7. The third-order valence-corrected chi connectivity index (χ3v) is 5.03. The quantitative estimate of drug-likeness (QED) is 0.802. The van der Waals surface area contributed by atoms with Gasteiger partial charge in [0.15, 0.2) is 0 Å². The van der Waals surface area contributed by atoms with Crippen LogP contribution in [0.5, 0.6) is 0 Å². The first kappa shape index (κ1) is 11.9. The minimum absolute atomic E-state index is 0.0281. The molecule has 3 rings (SSSR count). The summed E-state index contributed by atoms with van der Waals surface area (Å²) in [5.74, 6) is 1.75. The van der Waals surface area contributed by atoms with Crippen LogP contribution in [0.1, 0.15) is 39.0 Å². The van der Waals surface area contributed by atoms with Crippen LogP contribution in [0.2, 0.25) is 0 Å². The predicted molar refractivity (Wildman–Crippen MR) is 64.7 cm³/mol. The summed E-state index contributed by atoms with van der Waals surface area (Å²) in [5, 5.41) is 10.4. The number of ether oxygens (including phenoxy) is 2. The topological polar surface area (TPSA) is 38.7 Å². The first-order valence-corrected chi connectivity index (χ1v) is 7.10. The Balaban J connectivity index is 1.62. The Morgan fingerprint density at radius 3 is 2.59 bits per heavy atom. The molecule has 0 radical (unpaired) electrons. The first-order chi connectivity index (χ1) is 8.20. The lowest BCUT2D eigenvalue weighted by molar-refractivity contribution is -0.160. The average molecular weight is 240 g/mol. The second-order valence-electron chi connectivity index (χ2n) is 6.26. The minimum atomic E-state index is -0.0892. The molecular weight excluding hydrogens is 216 g/mol. The van der Waals surface area contributed by atoms with Crippen LogP contribution in [0.3, 0.4) is 0 Å². The molecule has 98 valence electrons. The van der Waals surface area contributed by atoms with Gasteiger partial charge in [0.1, 0.15) is 0 Å². The first-order valence-electron chi connectivity index (χ1n) is 7.10. The summed E-state index contributed by atoms with van der Waals surface area (Å²) in [6, 6.07) is 0. The van der Waals surface area contributed by atoms with Gasteiger partial charge in [-0.2, -0.15) is 0 Å². The highest BCUT2D eigenvalue weighted by molar-refractivity contribution is 4.96. The van der Waals surface area contributed by atoms with Crippen molar-refractivity contribution in [2.45, 2.75) is 50.7 Å². The number of hydrogen-bond donors (Lipinski definition) is 1. The second-order valence-corrected chi connectivity index (χ2v) is 6.26. The van der Waals surface area contributed by atoms with Gasteiger partial charge in [-0.1, -0.05) is 6.92 Å². The Morgan fingerprint density at radius 1 is 1.24 bits per heavy atom. The molecule has 3 fully saturated rings. The van der Waals surface area contributed by atoms with Crippen molar-refractivity contribution >= 4 is 0 Å². The Hall–Kier alpha value is -0.120. The van der Waals surface area contributed by atoms with Gasteiger partial charge >= 0.3 is 0 Å². The molecule has 17 heavy (non-hydrogen) atoms. The van der Waals surface area contributed by atoms with E-state index in [-0.39, 0.29) is 11.7 Å². The monoisotopic (exact) mass is 240 g/mol. The second kappa shape index (κ2) is 4.52. The highest BCUT2D eigenvalue weighted by Crippen LogP contribution is 2.47. The van der Waals surface area contributed by atoms with Gasteiger partial charge in [-0.05, 0) is 49.9 Å². The van der Waals surface area contributed by atoms with E-state index in [1.54, 1.807) is 0 Å². The predicted octanol–water partition coefficient (Wildman–Crippen LogP) is 1.98. The van der Waals surface area contributed by atoms with Crippen molar-refractivity contribution in [3.63, 3.8) is 0 Å². The Morgan fingerprint density at radius 2 is 1.94 bits per heavy atom. The van der Waals surface area contributed by atoms with Gasteiger partial charge < -0.3 is 14.6 Å². The maximum Gasteiger partial charge on any atom is 0.0730 e. The number of hydrogen-bond acceptors (Lipinski definition) is 3. The van der Waals surface area contributed by atoms with Crippen molar-refractivity contribution < 1.29 is 14.6 Å². The van der Waals surface area contributed by atoms with Crippen molar-refractivity contribution in [2.75, 3.05) is 19.8 Å². The summed E-state index contributed by atoms with van der Waals surface area (Å²) in [7, 11) is 0. The molecule has 2 saturated heterocycles. The van der Waals surface area contributed by atoms with Crippen molar-refractivity contribution in [3.05, 3.63) is 0 Å². The number of aliphatic hydroxyl groups excluding tert-OH is 1. The van der Waals surface area contributed by atoms with Crippen LogP contribution in [0.4, 0.5) is 0 Å². The van der Waals surface area contributed by atoms with Gasteiger partial charge in [0.05, 0.1) is 11.7 Å². The average Bonchev–Trinajstić information content (AvgIpc) is 3.06. The molecular formula is C14H24O3. The van der Waals surface area contributed by atoms with E-state index in [0.717, 1.165) is 51.4 Å². The van der Waals surface area contributed by atoms with Crippen LogP contribution in [-0.2, 0) is 9.47 Å². The third-order valence-electron chi connectivity index (χ3n) is 5.03. The molecule has 0 amide bonds. The standard InChI is InChI=1S/C14H24O3/c1-10-8-12(10)13(15)11-2-5-17-14(9-11)3-6-16-7-4-14/h10-13,15H,2-9H2,1H3. The molecule has 1 saturated carbocycles. The van der Waals surface area contributed by atoms with Gasteiger partial charge in [-0.25, -0.2) is 0 Å². The van der Waals surface area contributed by atoms with Gasteiger partial charge in [0.2, 0.25) is 0 Å². The Labute approximate surface area is 103 Å². The van der Waals surface area contributed by atoms with Crippen molar-refractivity contribution in [1.29, 1.82) is 0 Å². The fraction of sp³-hybridized carbons (Fsp3) is 1.00. The van der Waals surface area contributed by atoms with Crippen LogP contribution in [0.25, 0.3) is 0 Å². The molecule has 2 heterocycles. The molecule has 4 unspecified atom stereocenters. The summed E-state index contributed by atoms with van der Waals surface area (Å²) in [6.07, 6.45) is 5.23. The number of rotatable bonds is 2. The molecule has 3 heteroatoms. The summed E-state index contributed by atoms with van der Waals surface area (Å²) in [5.41, 5.74) is 0.0281. The van der Waals surface area contributed by atoms with E-state index in [0.29, 0.717) is 11.8 Å². The van der Waals surface area contributed by atoms with E-state index in [2.05, 4.69) is 6.92 Å². The van der Waals surface area contributed by atoms with E-state index in [9.17, 15) is 5.11 Å². The fourth-order valence-electron chi connectivity index (χ4n) is 3.63. The molecule has 0 aromatic carbocycles. The molecule has 0 bridgehead atoms. The summed E-state index contributed by atoms with van der Waals surface area (Å²) < 4.78 is 11.4. The molecule has 3 aliphatic rings. The lowest BCUT2D eigenvalue weighted by Crippen LogP contribution is -2.47. The van der Waals surface area contributed by atoms with Gasteiger partial charge in [-0.15, -0.1) is 0 Å². The zero-order valence-electron chi connectivity index (χ0n) is 10.7. The minimum Gasteiger partial charge on any atom is -0.393 e. The summed E-state index contributed by atoms with van der Waals surface area (Å²) in [4.78, 5) is 0. The highest BCUT2D eigenvalue weighted by atomic mass is 16.5. The lowest BCUT2D eigenvalue weighted by atomic mass is 9.77. The van der Waals surface area contributed by atoms with Crippen molar-refractivity contribution in [1.82, 2.24) is 0 Å². The maximum atomic E-state index is 10.4. The van der Waals surface area contributed by atoms with E-state index in [1.165, 1.54) is 6.42 Å². The molecule has 0 aromatic heterocycles. The zero-order chi connectivity index (χ0) is 11.9. The normalized spacial score (nSPS) is 42.4. The van der Waals surface area contributed by atoms with Crippen LogP contribution in [0, 0.1) is 17.8 Å². The van der Waals surface area contributed by atoms with Crippen LogP contribution < -0.4 is 0 Å². The third kappa shape index (κ3) is 2.38. The fourth-order valence-corrected chi connectivity index (χ4v) is 3.63. The Bertz CT molecular complexity index is 267. The van der Waals surface area contributed by atoms with E-state index < -0.39 is 0 Å². The summed E-state index contributed by atoms with van der Waals surface area (Å²) in [6.45, 7) is 4.71. The molecule has 2 aliphatic heterocycles. The van der Waals surface area contributed by atoms with Gasteiger partial charge in [0.25, 0.3) is 0 Å². The highest BCUT2D eigenvalue weighted by Gasteiger charge is 2.47. The largest absolute Gasteiger partial charge is 0.393 e. The maximum absolute atomic E-state index is 10.4. The van der Waals surface area contributed by atoms with Gasteiger partial charge in [-0.3, -0.25) is 0 Å². The van der Waals surface area contributed by atoms with Crippen LogP contribution >= 0.6 is 0 Å². The molecule has 1 N–H and O–H groups in total. The van der Waals surface area contributed by atoms with Crippen LogP contribution in [0.15, 0.2) is 0 Å². The van der Waals surface area contributed by atoms with Crippen molar-refractivity contribution in [3.8, 4) is 0 Å². The SMILES string of the molecule is CC1CC1C(O)C1CCOC2(CCOCC2)C1. The smallest absolute Gasteiger partial charge is 0.0730 e. The summed E-state index contributed by atoms with van der Waals surface area (Å²) >= 11 is 0. The molecule has 1 aliphatic carbocycles. The Kier molecular flexibility index (Phi) is 3.18. The molecule has 4 atom stereocenters. The van der Waals surface area contributed by atoms with Crippen molar-refractivity contribution in [2.24, 2.45) is 17.8 Å². The molecule has 3 nitrogen and oxygen atoms in total. The molecule has 0 aromatic rings. The van der Waals surface area contributed by atoms with E-state index >= 15 is 0 Å². The van der Waals surface area contributed by atoms with E-state index in [4.69, 9.17) is 9.47 Å². The van der Waals surface area contributed by atoms with Gasteiger partial charge in [0, 0.05) is 19.8 Å².